The zero-order valence-corrected chi connectivity index (χ0v) is 15.2. The van der Waals surface area contributed by atoms with E-state index in [1.54, 1.807) is 11.3 Å². The highest BCUT2D eigenvalue weighted by Crippen LogP contribution is 2.28. The summed E-state index contributed by atoms with van der Waals surface area (Å²) >= 11 is 1.80. The molecule has 1 aliphatic rings. The van der Waals surface area contributed by atoms with Crippen LogP contribution in [0.15, 0.2) is 0 Å². The molecule has 6 heteroatoms. The fraction of sp³-hybridized carbons (Fsp3) is 0.800. The Kier molecular flexibility index (Phi) is 5.80. The van der Waals surface area contributed by atoms with Crippen LogP contribution >= 0.6 is 11.3 Å². The van der Waals surface area contributed by atoms with Crippen LogP contribution in [-0.2, 0) is 23.8 Å². The Morgan fingerprint density at radius 1 is 1.33 bits per heavy atom. The maximum atomic E-state index is 11.5. The lowest BCUT2D eigenvalue weighted by atomic mass is 10.1. The van der Waals surface area contributed by atoms with Crippen LogP contribution in [0.2, 0.25) is 0 Å². The summed E-state index contributed by atoms with van der Waals surface area (Å²) in [6.45, 7) is 11.4. The van der Waals surface area contributed by atoms with Crippen molar-refractivity contribution in [2.75, 3.05) is 29.5 Å². The van der Waals surface area contributed by atoms with Crippen molar-refractivity contribution in [1.29, 1.82) is 0 Å². The van der Waals surface area contributed by atoms with E-state index in [1.807, 2.05) is 0 Å². The van der Waals surface area contributed by atoms with Crippen molar-refractivity contribution < 1.29 is 4.21 Å². The molecule has 0 spiro atoms. The number of rotatable bonds is 5. The Morgan fingerprint density at radius 3 is 2.57 bits per heavy atom. The third kappa shape index (κ3) is 5.04. The lowest BCUT2D eigenvalue weighted by molar-refractivity contribution is 0.425. The van der Waals surface area contributed by atoms with Crippen LogP contribution in [0.3, 0.4) is 0 Å². The van der Waals surface area contributed by atoms with Crippen LogP contribution in [-0.4, -0.2) is 39.3 Å². The standard InChI is InChI=1S/C15H27N3OS2/c1-5-6-12-13(11-16-15(2,3)4)20-14(17-12)18-7-9-21(19)10-8-18/h16H,5-11H2,1-4H3. The van der Waals surface area contributed by atoms with Gasteiger partial charge in [-0.25, -0.2) is 4.98 Å². The first kappa shape index (κ1) is 16.9. The summed E-state index contributed by atoms with van der Waals surface area (Å²) in [6, 6.07) is 0. The number of thiazole rings is 1. The normalized spacial score (nSPS) is 17.4. The average molecular weight is 330 g/mol. The minimum atomic E-state index is -0.629. The summed E-state index contributed by atoms with van der Waals surface area (Å²) in [5.41, 5.74) is 1.36. The summed E-state index contributed by atoms with van der Waals surface area (Å²) in [5, 5.41) is 4.68. The molecule has 0 aliphatic carbocycles. The second-order valence-electron chi connectivity index (χ2n) is 6.55. The molecule has 0 unspecified atom stereocenters. The third-order valence-electron chi connectivity index (χ3n) is 3.48. The van der Waals surface area contributed by atoms with Gasteiger partial charge in [0.05, 0.1) is 5.69 Å². The zero-order valence-electron chi connectivity index (χ0n) is 13.6. The smallest absolute Gasteiger partial charge is 0.185 e. The van der Waals surface area contributed by atoms with Gasteiger partial charge in [-0.15, -0.1) is 11.3 Å². The minimum Gasteiger partial charge on any atom is -0.346 e. The van der Waals surface area contributed by atoms with Crippen LogP contribution in [0.5, 0.6) is 0 Å². The number of nitrogens with zero attached hydrogens (tertiary/aromatic N) is 2. The lowest BCUT2D eigenvalue weighted by Gasteiger charge is -2.25. The van der Waals surface area contributed by atoms with E-state index in [1.165, 1.54) is 10.6 Å². The molecule has 1 aromatic rings. The molecule has 0 aromatic carbocycles. The van der Waals surface area contributed by atoms with Gasteiger partial charge in [-0.3, -0.25) is 4.21 Å². The van der Waals surface area contributed by atoms with Crippen LogP contribution in [0, 0.1) is 0 Å². The Balaban J connectivity index is 2.10. The highest BCUT2D eigenvalue weighted by Gasteiger charge is 2.21. The molecule has 2 rings (SSSR count). The highest BCUT2D eigenvalue weighted by atomic mass is 32.2. The van der Waals surface area contributed by atoms with E-state index in [9.17, 15) is 4.21 Å². The molecule has 0 amide bonds. The van der Waals surface area contributed by atoms with E-state index < -0.39 is 10.8 Å². The van der Waals surface area contributed by atoms with Gasteiger partial charge in [-0.2, -0.15) is 0 Å². The summed E-state index contributed by atoms with van der Waals surface area (Å²) < 4.78 is 11.5. The molecule has 1 aromatic heterocycles. The molecule has 1 N–H and O–H groups in total. The van der Waals surface area contributed by atoms with Gasteiger partial charge in [0.2, 0.25) is 0 Å². The molecule has 0 radical (unpaired) electrons. The predicted molar refractivity (Wildman–Crippen MR) is 92.8 cm³/mol. The molecule has 120 valence electrons. The van der Waals surface area contributed by atoms with Gasteiger partial charge in [-0.1, -0.05) is 13.3 Å². The predicted octanol–water partition coefficient (Wildman–Crippen LogP) is 2.55. The minimum absolute atomic E-state index is 0.121. The maximum Gasteiger partial charge on any atom is 0.185 e. The summed E-state index contributed by atoms with van der Waals surface area (Å²) in [7, 11) is -0.629. The largest absolute Gasteiger partial charge is 0.346 e. The van der Waals surface area contributed by atoms with Crippen molar-refractivity contribution in [3.05, 3.63) is 10.6 Å². The number of aryl methyl sites for hydroxylation is 1. The van der Waals surface area contributed by atoms with E-state index in [0.717, 1.165) is 49.1 Å². The first-order chi connectivity index (χ1) is 9.89. The number of hydrogen-bond acceptors (Lipinski definition) is 5. The van der Waals surface area contributed by atoms with Crippen molar-refractivity contribution >= 4 is 27.3 Å². The number of hydrogen-bond donors (Lipinski definition) is 1. The van der Waals surface area contributed by atoms with Crippen LogP contribution in [0.25, 0.3) is 0 Å². The van der Waals surface area contributed by atoms with E-state index in [-0.39, 0.29) is 5.54 Å². The van der Waals surface area contributed by atoms with Gasteiger partial charge in [0.15, 0.2) is 5.13 Å². The summed E-state index contributed by atoms with van der Waals surface area (Å²) in [6.07, 6.45) is 2.16. The molecule has 1 aliphatic heterocycles. The van der Waals surface area contributed by atoms with E-state index in [0.29, 0.717) is 0 Å². The SMILES string of the molecule is CCCc1nc(N2CCS(=O)CC2)sc1CNC(C)(C)C. The highest BCUT2D eigenvalue weighted by molar-refractivity contribution is 7.85. The third-order valence-corrected chi connectivity index (χ3v) is 5.92. The molecule has 0 saturated carbocycles. The van der Waals surface area contributed by atoms with Gasteiger partial charge in [-0.05, 0) is 27.2 Å². The molecule has 21 heavy (non-hydrogen) atoms. The van der Waals surface area contributed by atoms with Crippen molar-refractivity contribution in [3.63, 3.8) is 0 Å². The van der Waals surface area contributed by atoms with Crippen molar-refractivity contribution in [3.8, 4) is 0 Å². The van der Waals surface area contributed by atoms with Crippen molar-refractivity contribution in [1.82, 2.24) is 10.3 Å². The van der Waals surface area contributed by atoms with Gasteiger partial charge in [0.25, 0.3) is 0 Å². The Hall–Kier alpha value is -0.460. The van der Waals surface area contributed by atoms with Gasteiger partial charge in [0.1, 0.15) is 0 Å². The summed E-state index contributed by atoms with van der Waals surface area (Å²) in [4.78, 5) is 8.51. The second-order valence-corrected chi connectivity index (χ2v) is 9.31. The van der Waals surface area contributed by atoms with Gasteiger partial charge in [0, 0.05) is 52.4 Å². The first-order valence-electron chi connectivity index (χ1n) is 7.72. The van der Waals surface area contributed by atoms with Crippen molar-refractivity contribution in [2.45, 2.75) is 52.6 Å². The molecule has 1 fully saturated rings. The molecule has 0 atom stereocenters. The van der Waals surface area contributed by atoms with Crippen molar-refractivity contribution in [2.24, 2.45) is 0 Å². The quantitative estimate of drug-likeness (QED) is 0.902. The Morgan fingerprint density at radius 2 is 2.00 bits per heavy atom. The lowest BCUT2D eigenvalue weighted by Crippen LogP contribution is -2.37. The molecular formula is C15H27N3OS2. The zero-order chi connectivity index (χ0) is 15.5. The molecular weight excluding hydrogens is 302 g/mol. The first-order valence-corrected chi connectivity index (χ1v) is 10.0. The number of nitrogens with one attached hydrogen (secondary N) is 1. The topological polar surface area (TPSA) is 45.2 Å². The van der Waals surface area contributed by atoms with Gasteiger partial charge < -0.3 is 10.2 Å². The van der Waals surface area contributed by atoms with E-state index >= 15 is 0 Å². The van der Waals surface area contributed by atoms with Crippen LogP contribution in [0.4, 0.5) is 5.13 Å². The maximum absolute atomic E-state index is 11.5. The Labute approximate surface area is 134 Å². The second kappa shape index (κ2) is 7.20. The fourth-order valence-corrected chi connectivity index (χ4v) is 4.40. The number of aromatic nitrogens is 1. The monoisotopic (exact) mass is 329 g/mol. The molecule has 0 bridgehead atoms. The molecule has 1 saturated heterocycles. The van der Waals surface area contributed by atoms with Gasteiger partial charge >= 0.3 is 0 Å². The number of anilines is 1. The summed E-state index contributed by atoms with van der Waals surface area (Å²) in [5.74, 6) is 1.55. The van der Waals surface area contributed by atoms with E-state index in [2.05, 4.69) is 37.9 Å². The Bertz CT molecular complexity index is 484. The fourth-order valence-electron chi connectivity index (χ4n) is 2.25. The molecule has 2 heterocycles. The average Bonchev–Trinajstić information content (AvgIpc) is 2.80. The van der Waals surface area contributed by atoms with Crippen LogP contribution in [0.1, 0.15) is 44.7 Å². The van der Waals surface area contributed by atoms with E-state index in [4.69, 9.17) is 4.98 Å². The van der Waals surface area contributed by atoms with Crippen LogP contribution < -0.4 is 10.2 Å². The molecule has 4 nitrogen and oxygen atoms in total.